The van der Waals surface area contributed by atoms with Gasteiger partial charge in [0.2, 0.25) is 0 Å². The molecule has 0 amide bonds. The minimum atomic E-state index is -0.794. The summed E-state index contributed by atoms with van der Waals surface area (Å²) in [5, 5.41) is 0. The lowest BCUT2D eigenvalue weighted by atomic mass is 10.1. The maximum Gasteiger partial charge on any atom is 0.306 e. The number of unbranched alkanes of at least 4 members (excludes halogenated alkanes) is 24. The van der Waals surface area contributed by atoms with Crippen molar-refractivity contribution in [1.29, 1.82) is 0 Å². The monoisotopic (exact) mass is 863 g/mol. The van der Waals surface area contributed by atoms with Crippen LogP contribution in [0.1, 0.15) is 233 Å². The molecule has 354 valence electrons. The van der Waals surface area contributed by atoms with Crippen molar-refractivity contribution in [3.05, 3.63) is 85.1 Å². The fourth-order valence-corrected chi connectivity index (χ4v) is 6.91. The van der Waals surface area contributed by atoms with Crippen molar-refractivity contribution in [1.82, 2.24) is 0 Å². The molecule has 6 heteroatoms. The second kappa shape index (κ2) is 50.2. The van der Waals surface area contributed by atoms with Gasteiger partial charge in [0, 0.05) is 19.3 Å². The standard InChI is InChI=1S/C56H94O6/c1-4-7-10-13-16-19-22-25-28-31-34-37-40-43-46-49-55(58)61-52-53(51-60-54(57)48-45-42-39-36-33-30-27-24-21-18-15-12-9-6-3)62-56(59)50-47-44-41-38-35-32-29-26-23-20-17-14-11-8-5-2/h7-8,10-11,13-14,16-17,19-20,22-23,30,33,53H,4-6,9,12,15,18,21,24-29,31-32,34-52H2,1-3H3/b10-7-,11-8-,16-13-,17-14-,22-19-,23-20-,33-30-. The lowest BCUT2D eigenvalue weighted by Gasteiger charge is -2.18. The first-order valence-electron chi connectivity index (χ1n) is 25.7. The van der Waals surface area contributed by atoms with Crippen molar-refractivity contribution < 1.29 is 28.6 Å². The summed E-state index contributed by atoms with van der Waals surface area (Å²) in [5.74, 6) is -0.933. The topological polar surface area (TPSA) is 78.9 Å². The third kappa shape index (κ3) is 47.6. The fraction of sp³-hybridized carbons (Fsp3) is 0.696. The summed E-state index contributed by atoms with van der Waals surface area (Å²) in [7, 11) is 0. The van der Waals surface area contributed by atoms with E-state index >= 15 is 0 Å². The summed E-state index contributed by atoms with van der Waals surface area (Å²) in [6, 6.07) is 0. The minimum absolute atomic E-state index is 0.0932. The Kier molecular flexibility index (Phi) is 47.5. The van der Waals surface area contributed by atoms with E-state index in [4.69, 9.17) is 14.2 Å². The average molecular weight is 863 g/mol. The second-order valence-electron chi connectivity index (χ2n) is 16.8. The summed E-state index contributed by atoms with van der Waals surface area (Å²) >= 11 is 0. The van der Waals surface area contributed by atoms with Gasteiger partial charge in [-0.1, -0.05) is 215 Å². The van der Waals surface area contributed by atoms with E-state index in [0.717, 1.165) is 96.3 Å². The Bertz CT molecular complexity index is 1220. The van der Waals surface area contributed by atoms with Gasteiger partial charge in [0.05, 0.1) is 0 Å². The number of hydrogen-bond acceptors (Lipinski definition) is 6. The molecule has 0 saturated carbocycles. The second-order valence-corrected chi connectivity index (χ2v) is 16.8. The molecular formula is C56H94O6. The van der Waals surface area contributed by atoms with Crippen LogP contribution >= 0.6 is 0 Å². The van der Waals surface area contributed by atoms with Crippen LogP contribution in [0.25, 0.3) is 0 Å². The molecule has 0 N–H and O–H groups in total. The molecule has 6 nitrogen and oxygen atoms in total. The highest BCUT2D eigenvalue weighted by Gasteiger charge is 2.19. The van der Waals surface area contributed by atoms with E-state index in [1.807, 2.05) is 0 Å². The maximum absolute atomic E-state index is 12.8. The zero-order valence-corrected chi connectivity index (χ0v) is 40.4. The van der Waals surface area contributed by atoms with Gasteiger partial charge < -0.3 is 14.2 Å². The van der Waals surface area contributed by atoms with Crippen molar-refractivity contribution in [3.63, 3.8) is 0 Å². The van der Waals surface area contributed by atoms with E-state index in [2.05, 4.69) is 106 Å². The number of carbonyl (C=O) groups is 3. The lowest BCUT2D eigenvalue weighted by molar-refractivity contribution is -0.167. The molecule has 0 aliphatic carbocycles. The number of rotatable bonds is 45. The molecule has 0 radical (unpaired) electrons. The Morgan fingerprint density at radius 2 is 0.645 bits per heavy atom. The molecule has 0 fully saturated rings. The molecule has 0 rings (SSSR count). The molecule has 0 aliphatic rings. The summed E-state index contributed by atoms with van der Waals surface area (Å²) in [5.41, 5.74) is 0. The number of esters is 3. The Morgan fingerprint density at radius 3 is 1.03 bits per heavy atom. The first kappa shape index (κ1) is 58.6. The minimum Gasteiger partial charge on any atom is -0.462 e. The smallest absolute Gasteiger partial charge is 0.306 e. The predicted molar refractivity (Wildman–Crippen MR) is 265 cm³/mol. The Hall–Kier alpha value is -3.41. The SMILES string of the molecule is CC\C=C/C=C\C=C/CCCCCCCCCC(=O)OCC(COC(=O)CCCCC/C=C\CCCCCCCCC)OC(=O)CCCCCCCCC\C=C/C=C\C=C/CC. The van der Waals surface area contributed by atoms with Crippen LogP contribution in [0.3, 0.4) is 0 Å². The van der Waals surface area contributed by atoms with E-state index in [1.165, 1.54) is 96.3 Å². The summed E-state index contributed by atoms with van der Waals surface area (Å²) in [6.45, 7) is 6.34. The van der Waals surface area contributed by atoms with Crippen LogP contribution in [0, 0.1) is 0 Å². The van der Waals surface area contributed by atoms with E-state index in [0.29, 0.717) is 19.3 Å². The molecule has 62 heavy (non-hydrogen) atoms. The normalized spacial score (nSPS) is 12.8. The summed E-state index contributed by atoms with van der Waals surface area (Å²) in [6.07, 6.45) is 64.2. The van der Waals surface area contributed by atoms with Crippen LogP contribution in [0.4, 0.5) is 0 Å². The largest absolute Gasteiger partial charge is 0.462 e. The Balaban J connectivity index is 4.45. The van der Waals surface area contributed by atoms with Gasteiger partial charge >= 0.3 is 17.9 Å². The van der Waals surface area contributed by atoms with Gasteiger partial charge in [-0.25, -0.2) is 0 Å². The van der Waals surface area contributed by atoms with Crippen molar-refractivity contribution in [3.8, 4) is 0 Å². The zero-order chi connectivity index (χ0) is 45.1. The highest BCUT2D eigenvalue weighted by Crippen LogP contribution is 2.14. The van der Waals surface area contributed by atoms with Crippen LogP contribution in [0.2, 0.25) is 0 Å². The van der Waals surface area contributed by atoms with Crippen molar-refractivity contribution in [2.45, 2.75) is 239 Å². The van der Waals surface area contributed by atoms with Gasteiger partial charge in [0.1, 0.15) is 13.2 Å². The number of carbonyl (C=O) groups excluding carboxylic acids is 3. The molecule has 0 aromatic rings. The van der Waals surface area contributed by atoms with E-state index in [-0.39, 0.29) is 31.1 Å². The van der Waals surface area contributed by atoms with Crippen LogP contribution < -0.4 is 0 Å². The summed E-state index contributed by atoms with van der Waals surface area (Å²) < 4.78 is 16.8. The molecule has 1 unspecified atom stereocenters. The molecule has 0 spiro atoms. The quantitative estimate of drug-likeness (QED) is 0.0199. The van der Waals surface area contributed by atoms with E-state index in [1.54, 1.807) is 0 Å². The first-order valence-corrected chi connectivity index (χ1v) is 25.7. The molecule has 0 saturated heterocycles. The lowest BCUT2D eigenvalue weighted by Crippen LogP contribution is -2.30. The van der Waals surface area contributed by atoms with Crippen LogP contribution in [0.15, 0.2) is 85.1 Å². The van der Waals surface area contributed by atoms with Crippen LogP contribution in [0.5, 0.6) is 0 Å². The highest BCUT2D eigenvalue weighted by molar-refractivity contribution is 5.71. The number of allylic oxidation sites excluding steroid dienone is 14. The zero-order valence-electron chi connectivity index (χ0n) is 40.4. The first-order chi connectivity index (χ1) is 30.5. The molecule has 0 aromatic heterocycles. The van der Waals surface area contributed by atoms with Crippen molar-refractivity contribution >= 4 is 17.9 Å². The van der Waals surface area contributed by atoms with Gasteiger partial charge in [-0.3, -0.25) is 14.4 Å². The van der Waals surface area contributed by atoms with Crippen molar-refractivity contribution in [2.24, 2.45) is 0 Å². The van der Waals surface area contributed by atoms with Gasteiger partial charge in [0.15, 0.2) is 6.10 Å². The van der Waals surface area contributed by atoms with Gasteiger partial charge in [-0.05, 0) is 83.5 Å². The highest BCUT2D eigenvalue weighted by atomic mass is 16.6. The van der Waals surface area contributed by atoms with Crippen LogP contribution in [-0.2, 0) is 28.6 Å². The van der Waals surface area contributed by atoms with E-state index in [9.17, 15) is 14.4 Å². The molecular weight excluding hydrogens is 769 g/mol. The van der Waals surface area contributed by atoms with Crippen molar-refractivity contribution in [2.75, 3.05) is 13.2 Å². The molecule has 0 aliphatic heterocycles. The average Bonchev–Trinajstić information content (AvgIpc) is 3.27. The molecule has 0 heterocycles. The molecule has 0 aromatic carbocycles. The van der Waals surface area contributed by atoms with E-state index < -0.39 is 6.10 Å². The molecule has 0 bridgehead atoms. The van der Waals surface area contributed by atoms with Gasteiger partial charge in [0.25, 0.3) is 0 Å². The van der Waals surface area contributed by atoms with Crippen LogP contribution in [-0.4, -0.2) is 37.2 Å². The third-order valence-corrected chi connectivity index (χ3v) is 10.7. The maximum atomic E-state index is 12.8. The summed E-state index contributed by atoms with van der Waals surface area (Å²) in [4.78, 5) is 38.0. The third-order valence-electron chi connectivity index (χ3n) is 10.7. The molecule has 1 atom stereocenters. The Labute approximate surface area is 382 Å². The van der Waals surface area contributed by atoms with Gasteiger partial charge in [-0.15, -0.1) is 0 Å². The number of ether oxygens (including phenoxy) is 3. The fourth-order valence-electron chi connectivity index (χ4n) is 6.91. The Morgan fingerprint density at radius 1 is 0.339 bits per heavy atom. The van der Waals surface area contributed by atoms with Gasteiger partial charge in [-0.2, -0.15) is 0 Å². The predicted octanol–water partition coefficient (Wildman–Crippen LogP) is 16.8. The number of hydrogen-bond donors (Lipinski definition) is 0.